The van der Waals surface area contributed by atoms with Crippen LogP contribution in [0.25, 0.3) is 6.08 Å². The average molecular weight is 463 g/mol. The smallest absolute Gasteiger partial charge is 0.283 e. The number of anilines is 1. The summed E-state index contributed by atoms with van der Waals surface area (Å²) in [6, 6.07) is 23.4. The summed E-state index contributed by atoms with van der Waals surface area (Å²) in [4.78, 5) is 31.9. The lowest BCUT2D eigenvalue weighted by Gasteiger charge is -2.17. The maximum Gasteiger partial charge on any atom is 0.283 e. The topological polar surface area (TPSA) is 59.0 Å². The summed E-state index contributed by atoms with van der Waals surface area (Å²) in [5, 5.41) is 1.03. The largest absolute Gasteiger partial charge is 0.497 e. The quantitative estimate of drug-likeness (QED) is 0.348. The molecule has 0 fully saturated rings. The Hall–Kier alpha value is -3.35. The van der Waals surface area contributed by atoms with Crippen molar-refractivity contribution in [1.82, 2.24) is 0 Å². The second-order valence-corrected chi connectivity index (χ2v) is 8.27. The average Bonchev–Trinajstić information content (AvgIpc) is 3.13. The Morgan fingerprint density at radius 2 is 1.72 bits per heavy atom. The fraction of sp³-hybridized carbons (Fsp3) is 0.0800. The van der Waals surface area contributed by atoms with E-state index in [4.69, 9.17) is 16.3 Å². The third-order valence-electron chi connectivity index (χ3n) is 4.76. The van der Waals surface area contributed by atoms with Crippen molar-refractivity contribution in [1.29, 1.82) is 0 Å². The highest BCUT2D eigenvalue weighted by atomic mass is 35.5. The van der Waals surface area contributed by atoms with E-state index in [1.165, 1.54) is 16.7 Å². The summed E-state index contributed by atoms with van der Waals surface area (Å²) in [7, 11) is 1.60. The van der Waals surface area contributed by atoms with Gasteiger partial charge in [0, 0.05) is 10.6 Å². The maximum atomic E-state index is 13.2. The zero-order valence-electron chi connectivity index (χ0n) is 17.2. The number of para-hydroxylation sites is 1. The lowest BCUT2D eigenvalue weighted by Crippen LogP contribution is -2.30. The number of aliphatic imine (C=N–C) groups is 1. The van der Waals surface area contributed by atoms with Gasteiger partial charge in [0.2, 0.25) is 0 Å². The van der Waals surface area contributed by atoms with Crippen molar-refractivity contribution >= 4 is 52.0 Å². The number of ether oxygens (including phenoxy) is 1. The van der Waals surface area contributed by atoms with Crippen LogP contribution in [0.2, 0.25) is 5.02 Å². The van der Waals surface area contributed by atoms with Gasteiger partial charge in [0.15, 0.2) is 11.0 Å². The predicted molar refractivity (Wildman–Crippen MR) is 131 cm³/mol. The number of hydrogen-bond donors (Lipinski definition) is 0. The fourth-order valence-electron chi connectivity index (χ4n) is 3.11. The van der Waals surface area contributed by atoms with Crippen molar-refractivity contribution in [2.75, 3.05) is 17.8 Å². The van der Waals surface area contributed by atoms with E-state index < -0.39 is 0 Å². The van der Waals surface area contributed by atoms with Crippen molar-refractivity contribution in [3.63, 3.8) is 0 Å². The molecule has 0 saturated heterocycles. The summed E-state index contributed by atoms with van der Waals surface area (Å²) in [6.45, 7) is 0. The van der Waals surface area contributed by atoms with Gasteiger partial charge >= 0.3 is 0 Å². The summed E-state index contributed by atoms with van der Waals surface area (Å²) in [5.74, 6) is 0.569. The first-order chi connectivity index (χ1) is 15.5. The molecule has 3 aromatic rings. The molecule has 0 spiro atoms. The van der Waals surface area contributed by atoms with Crippen LogP contribution in [0.3, 0.4) is 0 Å². The number of amidine groups is 1. The first-order valence-corrected chi connectivity index (χ1v) is 11.2. The van der Waals surface area contributed by atoms with Gasteiger partial charge in [-0.05, 0) is 60.2 Å². The number of ketones is 1. The second-order valence-electron chi connectivity index (χ2n) is 6.89. The molecule has 0 aliphatic carbocycles. The van der Waals surface area contributed by atoms with E-state index in [0.29, 0.717) is 27.1 Å². The van der Waals surface area contributed by atoms with Gasteiger partial charge in [-0.25, -0.2) is 4.99 Å². The fourth-order valence-corrected chi connectivity index (χ4v) is 4.14. The monoisotopic (exact) mass is 462 g/mol. The van der Waals surface area contributed by atoms with Gasteiger partial charge in [-0.3, -0.25) is 14.5 Å². The number of nitrogens with zero attached hydrogens (tertiary/aromatic N) is 2. The standard InChI is InChI=1S/C25H19ClN2O3S/c1-31-21-13-7-17(8-14-21)15-22-24(30)28(20-5-3-2-4-6-20)25(27-22)32-16-23(29)18-9-11-19(26)12-10-18/h2-15H,16H2,1H3/b22-15+. The van der Waals surface area contributed by atoms with Crippen LogP contribution in [0, 0.1) is 0 Å². The van der Waals surface area contributed by atoms with Crippen molar-refractivity contribution in [2.24, 2.45) is 4.99 Å². The molecule has 5 nitrogen and oxygen atoms in total. The Labute approximate surface area is 195 Å². The van der Waals surface area contributed by atoms with E-state index in [1.54, 1.807) is 37.5 Å². The zero-order valence-corrected chi connectivity index (χ0v) is 18.8. The lowest BCUT2D eigenvalue weighted by atomic mass is 10.1. The van der Waals surface area contributed by atoms with Crippen LogP contribution < -0.4 is 9.64 Å². The molecule has 0 N–H and O–H groups in total. The highest BCUT2D eigenvalue weighted by Crippen LogP contribution is 2.30. The molecular weight excluding hydrogens is 444 g/mol. The SMILES string of the molecule is COc1ccc(/C=C2/N=C(SCC(=O)c3ccc(Cl)cc3)N(c3ccccc3)C2=O)cc1. The molecule has 0 bridgehead atoms. The third kappa shape index (κ3) is 4.93. The normalized spacial score (nSPS) is 14.6. The Bertz CT molecular complexity index is 1190. The maximum absolute atomic E-state index is 13.2. The van der Waals surface area contributed by atoms with Crippen LogP contribution in [0.4, 0.5) is 5.69 Å². The molecule has 0 saturated carbocycles. The van der Waals surface area contributed by atoms with Gasteiger partial charge < -0.3 is 4.74 Å². The molecule has 1 aliphatic heterocycles. The van der Waals surface area contributed by atoms with E-state index in [0.717, 1.165) is 11.3 Å². The van der Waals surface area contributed by atoms with Crippen LogP contribution in [0.5, 0.6) is 5.75 Å². The molecule has 1 amide bonds. The van der Waals surface area contributed by atoms with E-state index in [1.807, 2.05) is 54.6 Å². The van der Waals surface area contributed by atoms with Crippen LogP contribution in [0.15, 0.2) is 89.6 Å². The molecule has 1 aliphatic rings. The van der Waals surface area contributed by atoms with Gasteiger partial charge in [-0.1, -0.05) is 53.7 Å². The van der Waals surface area contributed by atoms with E-state index >= 15 is 0 Å². The highest BCUT2D eigenvalue weighted by molar-refractivity contribution is 8.14. The van der Waals surface area contributed by atoms with Gasteiger partial charge in [0.1, 0.15) is 11.4 Å². The lowest BCUT2D eigenvalue weighted by molar-refractivity contribution is -0.113. The first-order valence-electron chi connectivity index (χ1n) is 9.80. The number of amides is 1. The summed E-state index contributed by atoms with van der Waals surface area (Å²) >= 11 is 7.14. The van der Waals surface area contributed by atoms with Crippen LogP contribution in [-0.4, -0.2) is 29.7 Å². The molecule has 0 unspecified atom stereocenters. The number of carbonyl (C=O) groups excluding carboxylic acids is 2. The van der Waals surface area contributed by atoms with E-state index in [-0.39, 0.29) is 17.4 Å². The van der Waals surface area contributed by atoms with Gasteiger partial charge in [-0.2, -0.15) is 0 Å². The number of benzene rings is 3. The minimum atomic E-state index is -0.242. The van der Waals surface area contributed by atoms with Crippen molar-refractivity contribution in [2.45, 2.75) is 0 Å². The van der Waals surface area contributed by atoms with Crippen LogP contribution >= 0.6 is 23.4 Å². The minimum Gasteiger partial charge on any atom is -0.497 e. The minimum absolute atomic E-state index is 0.0672. The number of thioether (sulfide) groups is 1. The predicted octanol–water partition coefficient (Wildman–Crippen LogP) is 5.71. The van der Waals surface area contributed by atoms with Crippen molar-refractivity contribution < 1.29 is 14.3 Å². The number of methoxy groups -OCH3 is 1. The Balaban J connectivity index is 1.60. The summed E-state index contributed by atoms with van der Waals surface area (Å²) in [6.07, 6.45) is 1.73. The summed E-state index contributed by atoms with van der Waals surface area (Å²) < 4.78 is 5.18. The highest BCUT2D eigenvalue weighted by Gasteiger charge is 2.32. The van der Waals surface area contributed by atoms with Crippen molar-refractivity contribution in [3.8, 4) is 5.75 Å². The van der Waals surface area contributed by atoms with Gasteiger partial charge in [-0.15, -0.1) is 0 Å². The van der Waals surface area contributed by atoms with Crippen LogP contribution in [-0.2, 0) is 4.79 Å². The number of hydrogen-bond acceptors (Lipinski definition) is 5. The number of Topliss-reactive ketones (excluding diaryl/α,β-unsaturated/α-hetero) is 1. The molecule has 0 aromatic heterocycles. The number of halogens is 1. The molecule has 7 heteroatoms. The molecule has 0 atom stereocenters. The van der Waals surface area contributed by atoms with Crippen molar-refractivity contribution in [3.05, 3.63) is 101 Å². The van der Waals surface area contributed by atoms with E-state index in [9.17, 15) is 9.59 Å². The molecule has 3 aromatic carbocycles. The Morgan fingerprint density at radius 3 is 2.38 bits per heavy atom. The summed E-state index contributed by atoms with van der Waals surface area (Å²) in [5.41, 5.74) is 2.39. The molecular formula is C25H19ClN2O3S. The third-order valence-corrected chi connectivity index (χ3v) is 5.95. The number of rotatable bonds is 6. The molecule has 1 heterocycles. The molecule has 4 rings (SSSR count). The van der Waals surface area contributed by atoms with Gasteiger partial charge in [0.25, 0.3) is 5.91 Å². The first kappa shape index (κ1) is 21.9. The Morgan fingerprint density at radius 1 is 1.03 bits per heavy atom. The second kappa shape index (κ2) is 9.85. The molecule has 32 heavy (non-hydrogen) atoms. The zero-order chi connectivity index (χ0) is 22.5. The van der Waals surface area contributed by atoms with Gasteiger partial charge in [0.05, 0.1) is 18.6 Å². The Kier molecular flexibility index (Phi) is 6.73. The van der Waals surface area contributed by atoms with E-state index in [2.05, 4.69) is 4.99 Å². The molecule has 160 valence electrons. The molecule has 0 radical (unpaired) electrons. The van der Waals surface area contributed by atoms with Crippen LogP contribution in [0.1, 0.15) is 15.9 Å². The number of carbonyl (C=O) groups is 2.